The number of amides is 1. The Morgan fingerprint density at radius 1 is 1.07 bits per heavy atom. The largest absolute Gasteiger partial charge is 0.296 e. The second-order valence-corrected chi connectivity index (χ2v) is 7.20. The highest BCUT2D eigenvalue weighted by atomic mass is 35.5. The number of aryl methyl sites for hydroxylation is 1. The molecular weight excluding hydrogens is 360 g/mol. The van der Waals surface area contributed by atoms with Gasteiger partial charge in [-0.1, -0.05) is 54.1 Å². The summed E-state index contributed by atoms with van der Waals surface area (Å²) in [5.74, 6) is -0.0839. The number of nitrogens with zero attached hydrogens (tertiary/aromatic N) is 3. The number of nitrogens with one attached hydrogen (secondary N) is 1. The Labute approximate surface area is 165 Å². The van der Waals surface area contributed by atoms with Gasteiger partial charge in [-0.25, -0.2) is 5.43 Å². The van der Waals surface area contributed by atoms with Crippen LogP contribution in [0.5, 0.6) is 0 Å². The third kappa shape index (κ3) is 5.89. The normalized spacial score (nSPS) is 15.9. The highest BCUT2D eigenvalue weighted by Gasteiger charge is 2.19. The van der Waals surface area contributed by atoms with E-state index < -0.39 is 0 Å². The van der Waals surface area contributed by atoms with Crippen LogP contribution in [0.25, 0.3) is 0 Å². The van der Waals surface area contributed by atoms with Crippen LogP contribution in [0.15, 0.2) is 53.6 Å². The second-order valence-electron chi connectivity index (χ2n) is 6.79. The van der Waals surface area contributed by atoms with Crippen molar-refractivity contribution in [1.29, 1.82) is 0 Å². The summed E-state index contributed by atoms with van der Waals surface area (Å²) >= 11 is 6.24. The van der Waals surface area contributed by atoms with Crippen molar-refractivity contribution < 1.29 is 4.79 Å². The van der Waals surface area contributed by atoms with Crippen LogP contribution in [0.3, 0.4) is 0 Å². The highest BCUT2D eigenvalue weighted by molar-refractivity contribution is 6.31. The maximum atomic E-state index is 12.1. The summed E-state index contributed by atoms with van der Waals surface area (Å²) in [6.07, 6.45) is 1.69. The molecule has 0 saturated carbocycles. The minimum Gasteiger partial charge on any atom is -0.296 e. The summed E-state index contributed by atoms with van der Waals surface area (Å²) in [6, 6.07) is 15.9. The van der Waals surface area contributed by atoms with Gasteiger partial charge in [0, 0.05) is 37.7 Å². The average Bonchev–Trinajstić information content (AvgIpc) is 2.67. The van der Waals surface area contributed by atoms with Crippen molar-refractivity contribution in [2.75, 3.05) is 32.7 Å². The molecule has 0 aliphatic carbocycles. The molecule has 1 amide bonds. The first kappa shape index (κ1) is 19.5. The lowest BCUT2D eigenvalue weighted by Crippen LogP contribution is -2.48. The van der Waals surface area contributed by atoms with Crippen LogP contribution in [-0.2, 0) is 11.3 Å². The van der Waals surface area contributed by atoms with Crippen LogP contribution < -0.4 is 5.43 Å². The van der Waals surface area contributed by atoms with Crippen LogP contribution in [0.2, 0.25) is 5.02 Å². The highest BCUT2D eigenvalue weighted by Crippen LogP contribution is 2.17. The topological polar surface area (TPSA) is 47.9 Å². The zero-order chi connectivity index (χ0) is 19.1. The lowest BCUT2D eigenvalue weighted by molar-refractivity contribution is -0.122. The number of benzene rings is 2. The van der Waals surface area contributed by atoms with E-state index in [4.69, 9.17) is 11.6 Å². The van der Waals surface area contributed by atoms with Crippen LogP contribution in [0.1, 0.15) is 16.7 Å². The van der Waals surface area contributed by atoms with Gasteiger partial charge in [0.2, 0.25) is 0 Å². The summed E-state index contributed by atoms with van der Waals surface area (Å²) in [4.78, 5) is 16.6. The third-order valence-corrected chi connectivity index (χ3v) is 5.13. The fraction of sp³-hybridized carbons (Fsp3) is 0.333. The van der Waals surface area contributed by atoms with E-state index in [1.165, 1.54) is 0 Å². The molecule has 1 N–H and O–H groups in total. The molecule has 6 heteroatoms. The van der Waals surface area contributed by atoms with Gasteiger partial charge >= 0.3 is 0 Å². The van der Waals surface area contributed by atoms with Crippen molar-refractivity contribution in [2.24, 2.45) is 5.10 Å². The molecule has 0 bridgehead atoms. The molecule has 2 aromatic rings. The Morgan fingerprint density at radius 3 is 2.48 bits per heavy atom. The lowest BCUT2D eigenvalue weighted by Gasteiger charge is -2.34. The predicted molar refractivity (Wildman–Crippen MR) is 110 cm³/mol. The quantitative estimate of drug-likeness (QED) is 0.615. The molecule has 3 rings (SSSR count). The number of hydrogen-bond donors (Lipinski definition) is 1. The molecule has 1 aliphatic heterocycles. The first-order valence-corrected chi connectivity index (χ1v) is 9.55. The third-order valence-electron chi connectivity index (χ3n) is 4.77. The number of piperazine rings is 1. The Hall–Kier alpha value is -2.21. The maximum Gasteiger partial charge on any atom is 0.254 e. The minimum absolute atomic E-state index is 0.0839. The van der Waals surface area contributed by atoms with E-state index in [-0.39, 0.29) is 5.91 Å². The summed E-state index contributed by atoms with van der Waals surface area (Å²) < 4.78 is 0. The van der Waals surface area contributed by atoms with Gasteiger partial charge in [0.1, 0.15) is 0 Å². The van der Waals surface area contributed by atoms with E-state index in [1.54, 1.807) is 6.21 Å². The van der Waals surface area contributed by atoms with Gasteiger partial charge in [-0.3, -0.25) is 14.6 Å². The first-order chi connectivity index (χ1) is 13.1. The van der Waals surface area contributed by atoms with E-state index in [1.807, 2.05) is 49.4 Å². The van der Waals surface area contributed by atoms with Crippen LogP contribution in [0, 0.1) is 6.92 Å². The second kappa shape index (κ2) is 9.65. The molecule has 1 aliphatic rings. The summed E-state index contributed by atoms with van der Waals surface area (Å²) in [7, 11) is 0. The number of halogens is 1. The maximum absolute atomic E-state index is 12.1. The fourth-order valence-corrected chi connectivity index (χ4v) is 3.31. The van der Waals surface area contributed by atoms with Crippen molar-refractivity contribution in [1.82, 2.24) is 15.2 Å². The summed E-state index contributed by atoms with van der Waals surface area (Å²) in [5.41, 5.74) is 5.91. The SMILES string of the molecule is Cc1ccccc1/C=N/NC(=O)CN1CCN(Cc2ccccc2Cl)CC1. The Balaban J connectivity index is 1.40. The van der Waals surface area contributed by atoms with Gasteiger partial charge < -0.3 is 0 Å². The molecule has 0 atom stereocenters. The van der Waals surface area contributed by atoms with Crippen molar-refractivity contribution >= 4 is 23.7 Å². The molecule has 5 nitrogen and oxygen atoms in total. The van der Waals surface area contributed by atoms with Gasteiger partial charge in [0.25, 0.3) is 5.91 Å². The van der Waals surface area contributed by atoms with E-state index in [9.17, 15) is 4.79 Å². The van der Waals surface area contributed by atoms with Crippen molar-refractivity contribution in [2.45, 2.75) is 13.5 Å². The standard InChI is InChI=1S/C21H25ClN4O/c1-17-6-2-3-7-18(17)14-23-24-21(27)16-26-12-10-25(11-13-26)15-19-8-4-5-9-20(19)22/h2-9,14H,10-13,15-16H2,1H3,(H,24,27)/b23-14+. The van der Waals surface area contributed by atoms with Gasteiger partial charge in [-0.15, -0.1) is 0 Å². The molecule has 1 saturated heterocycles. The minimum atomic E-state index is -0.0839. The number of hydrazone groups is 1. The Bertz CT molecular complexity index is 800. The van der Waals surface area contributed by atoms with Crippen molar-refractivity contribution in [3.63, 3.8) is 0 Å². The summed E-state index contributed by atoms with van der Waals surface area (Å²) in [5, 5.41) is 4.88. The zero-order valence-electron chi connectivity index (χ0n) is 15.6. The van der Waals surface area contributed by atoms with Gasteiger partial charge in [0.15, 0.2) is 0 Å². The summed E-state index contributed by atoms with van der Waals surface area (Å²) in [6.45, 7) is 6.80. The van der Waals surface area contributed by atoms with Crippen LogP contribution >= 0.6 is 11.6 Å². The lowest BCUT2D eigenvalue weighted by atomic mass is 10.1. The van der Waals surface area contributed by atoms with E-state index in [0.717, 1.165) is 54.4 Å². The first-order valence-electron chi connectivity index (χ1n) is 9.17. The van der Waals surface area contributed by atoms with Crippen LogP contribution in [-0.4, -0.2) is 54.6 Å². The molecule has 27 heavy (non-hydrogen) atoms. The Kier molecular flexibility index (Phi) is 6.98. The molecule has 0 unspecified atom stereocenters. The Morgan fingerprint density at radius 2 is 1.74 bits per heavy atom. The average molecular weight is 385 g/mol. The number of hydrogen-bond acceptors (Lipinski definition) is 4. The molecular formula is C21H25ClN4O. The smallest absolute Gasteiger partial charge is 0.254 e. The molecule has 0 aromatic heterocycles. The van der Waals surface area contributed by atoms with E-state index in [2.05, 4.69) is 26.4 Å². The van der Waals surface area contributed by atoms with Gasteiger partial charge in [-0.05, 0) is 29.7 Å². The van der Waals surface area contributed by atoms with Crippen molar-refractivity contribution in [3.8, 4) is 0 Å². The number of carbonyl (C=O) groups excluding carboxylic acids is 1. The van der Waals surface area contributed by atoms with E-state index in [0.29, 0.717) is 6.54 Å². The fourth-order valence-electron chi connectivity index (χ4n) is 3.12. The molecule has 142 valence electrons. The monoisotopic (exact) mass is 384 g/mol. The van der Waals surface area contributed by atoms with Crippen molar-refractivity contribution in [3.05, 3.63) is 70.2 Å². The molecule has 2 aromatic carbocycles. The molecule has 1 fully saturated rings. The van der Waals surface area contributed by atoms with E-state index >= 15 is 0 Å². The zero-order valence-corrected chi connectivity index (χ0v) is 16.3. The van der Waals surface area contributed by atoms with Gasteiger partial charge in [0.05, 0.1) is 12.8 Å². The molecule has 0 radical (unpaired) electrons. The number of rotatable bonds is 6. The number of carbonyl (C=O) groups is 1. The molecule has 0 spiro atoms. The molecule has 1 heterocycles. The van der Waals surface area contributed by atoms with Crippen LogP contribution in [0.4, 0.5) is 0 Å². The van der Waals surface area contributed by atoms with Gasteiger partial charge in [-0.2, -0.15) is 5.10 Å². The predicted octanol–water partition coefficient (Wildman–Crippen LogP) is 2.92.